The van der Waals surface area contributed by atoms with Crippen molar-refractivity contribution in [1.29, 1.82) is 0 Å². The van der Waals surface area contributed by atoms with E-state index in [2.05, 4.69) is 14.9 Å². The summed E-state index contributed by atoms with van der Waals surface area (Å²) in [7, 11) is 0. The van der Waals surface area contributed by atoms with Crippen LogP contribution in [0.15, 0.2) is 18.6 Å². The van der Waals surface area contributed by atoms with E-state index in [9.17, 15) is 4.79 Å². The van der Waals surface area contributed by atoms with Crippen LogP contribution in [0.25, 0.3) is 0 Å². The molecule has 1 fully saturated rings. The number of anilines is 1. The molecule has 1 aromatic rings. The molecule has 14 heavy (non-hydrogen) atoms. The molecule has 1 unspecified atom stereocenters. The first kappa shape index (κ1) is 9.12. The first-order valence-corrected chi connectivity index (χ1v) is 4.86. The molecule has 1 aliphatic rings. The Hall–Kier alpha value is -1.45. The summed E-state index contributed by atoms with van der Waals surface area (Å²) in [6, 6.07) is 0. The van der Waals surface area contributed by atoms with Crippen LogP contribution in [0.2, 0.25) is 0 Å². The van der Waals surface area contributed by atoms with Gasteiger partial charge < -0.3 is 9.69 Å². The second-order valence-corrected chi connectivity index (χ2v) is 3.55. The third kappa shape index (κ3) is 1.89. The summed E-state index contributed by atoms with van der Waals surface area (Å²) in [5, 5.41) is 0. The van der Waals surface area contributed by atoms with E-state index in [-0.39, 0.29) is 5.92 Å². The van der Waals surface area contributed by atoms with Crippen LogP contribution in [0, 0.1) is 5.92 Å². The van der Waals surface area contributed by atoms with Crippen LogP contribution in [-0.2, 0) is 4.79 Å². The van der Waals surface area contributed by atoms with E-state index in [4.69, 9.17) is 0 Å². The zero-order chi connectivity index (χ0) is 9.80. The van der Waals surface area contributed by atoms with Gasteiger partial charge in [0.1, 0.15) is 12.1 Å². The third-order valence-electron chi connectivity index (χ3n) is 2.52. The molecule has 4 nitrogen and oxygen atoms in total. The number of rotatable bonds is 2. The zero-order valence-corrected chi connectivity index (χ0v) is 7.97. The lowest BCUT2D eigenvalue weighted by Gasteiger charge is -2.30. The standard InChI is InChI=1S/C10H13N3O/c14-8-9-2-1-5-13(7-9)10-6-11-3-4-12-10/h3-4,6,8-9H,1-2,5,7H2. The van der Waals surface area contributed by atoms with Crippen LogP contribution in [-0.4, -0.2) is 29.3 Å². The largest absolute Gasteiger partial charge is 0.355 e. The molecule has 0 saturated carbocycles. The molecule has 74 valence electrons. The van der Waals surface area contributed by atoms with Gasteiger partial charge in [-0.25, -0.2) is 4.98 Å². The van der Waals surface area contributed by atoms with E-state index in [1.54, 1.807) is 18.6 Å². The summed E-state index contributed by atoms with van der Waals surface area (Å²) >= 11 is 0. The van der Waals surface area contributed by atoms with Gasteiger partial charge in [-0.15, -0.1) is 0 Å². The van der Waals surface area contributed by atoms with E-state index in [0.29, 0.717) is 0 Å². The van der Waals surface area contributed by atoms with Crippen molar-refractivity contribution in [3.05, 3.63) is 18.6 Å². The summed E-state index contributed by atoms with van der Waals surface area (Å²) in [5.41, 5.74) is 0. The predicted octanol–water partition coefficient (Wildman–Crippen LogP) is 0.892. The number of carbonyl (C=O) groups excluding carboxylic acids is 1. The molecule has 0 radical (unpaired) electrons. The molecule has 4 heteroatoms. The Morgan fingerprint density at radius 1 is 1.50 bits per heavy atom. The highest BCUT2D eigenvalue weighted by Crippen LogP contribution is 2.18. The third-order valence-corrected chi connectivity index (χ3v) is 2.52. The smallest absolute Gasteiger partial charge is 0.147 e. The topological polar surface area (TPSA) is 46.1 Å². The molecule has 1 atom stereocenters. The molecular formula is C10H13N3O. The van der Waals surface area contributed by atoms with E-state index in [1.165, 1.54) is 0 Å². The fourth-order valence-electron chi connectivity index (χ4n) is 1.78. The van der Waals surface area contributed by atoms with Crippen LogP contribution in [0.3, 0.4) is 0 Å². The number of nitrogens with zero attached hydrogens (tertiary/aromatic N) is 3. The van der Waals surface area contributed by atoms with Crippen molar-refractivity contribution < 1.29 is 4.79 Å². The van der Waals surface area contributed by atoms with Crippen molar-refractivity contribution in [3.63, 3.8) is 0 Å². The van der Waals surface area contributed by atoms with Crippen LogP contribution in [0.5, 0.6) is 0 Å². The highest BCUT2D eigenvalue weighted by molar-refractivity contribution is 5.56. The second kappa shape index (κ2) is 4.17. The summed E-state index contributed by atoms with van der Waals surface area (Å²) in [6.07, 6.45) is 8.18. The molecule has 1 aromatic heterocycles. The Bertz CT molecular complexity index is 301. The Labute approximate surface area is 83.0 Å². The van der Waals surface area contributed by atoms with Crippen molar-refractivity contribution in [2.45, 2.75) is 12.8 Å². The number of hydrogen-bond acceptors (Lipinski definition) is 4. The monoisotopic (exact) mass is 191 g/mol. The number of aldehydes is 1. The lowest BCUT2D eigenvalue weighted by molar-refractivity contribution is -0.111. The molecule has 0 aromatic carbocycles. The molecule has 1 aliphatic heterocycles. The molecule has 2 rings (SSSR count). The quantitative estimate of drug-likeness (QED) is 0.651. The molecule has 0 amide bonds. The minimum Gasteiger partial charge on any atom is -0.355 e. The van der Waals surface area contributed by atoms with Gasteiger partial charge in [-0.05, 0) is 12.8 Å². The van der Waals surface area contributed by atoms with Gasteiger partial charge in [0, 0.05) is 31.4 Å². The van der Waals surface area contributed by atoms with Gasteiger partial charge in [0.05, 0.1) is 6.20 Å². The van der Waals surface area contributed by atoms with Crippen LogP contribution >= 0.6 is 0 Å². The summed E-state index contributed by atoms with van der Waals surface area (Å²) in [5.74, 6) is 1.03. The van der Waals surface area contributed by atoms with E-state index >= 15 is 0 Å². The Kier molecular flexibility index (Phi) is 2.72. The van der Waals surface area contributed by atoms with Gasteiger partial charge in [0.15, 0.2) is 0 Å². The van der Waals surface area contributed by atoms with Gasteiger partial charge >= 0.3 is 0 Å². The van der Waals surface area contributed by atoms with Crippen molar-refractivity contribution in [3.8, 4) is 0 Å². The lowest BCUT2D eigenvalue weighted by Crippen LogP contribution is -2.36. The molecule has 2 heterocycles. The number of aromatic nitrogens is 2. The van der Waals surface area contributed by atoms with Crippen LogP contribution in [0.1, 0.15) is 12.8 Å². The maximum Gasteiger partial charge on any atom is 0.147 e. The molecule has 1 saturated heterocycles. The summed E-state index contributed by atoms with van der Waals surface area (Å²) < 4.78 is 0. The second-order valence-electron chi connectivity index (χ2n) is 3.55. The van der Waals surface area contributed by atoms with E-state index < -0.39 is 0 Å². The first-order chi connectivity index (χ1) is 6.90. The van der Waals surface area contributed by atoms with E-state index in [0.717, 1.165) is 38.0 Å². The average Bonchev–Trinajstić information content (AvgIpc) is 2.30. The minimum atomic E-state index is 0.158. The fraction of sp³-hybridized carbons (Fsp3) is 0.500. The van der Waals surface area contributed by atoms with Gasteiger partial charge in [-0.1, -0.05) is 0 Å². The maximum atomic E-state index is 10.7. The average molecular weight is 191 g/mol. The highest BCUT2D eigenvalue weighted by atomic mass is 16.1. The van der Waals surface area contributed by atoms with E-state index in [1.807, 2.05) is 0 Å². The number of carbonyl (C=O) groups is 1. The lowest BCUT2D eigenvalue weighted by atomic mass is 10.00. The predicted molar refractivity (Wildman–Crippen MR) is 53.0 cm³/mol. The van der Waals surface area contributed by atoms with Crippen LogP contribution < -0.4 is 4.90 Å². The Balaban J connectivity index is 2.08. The van der Waals surface area contributed by atoms with Crippen LogP contribution in [0.4, 0.5) is 5.82 Å². The normalized spacial score (nSPS) is 22.0. The number of hydrogen-bond donors (Lipinski definition) is 0. The van der Waals surface area contributed by atoms with Crippen molar-refractivity contribution in [2.75, 3.05) is 18.0 Å². The molecule has 0 aliphatic carbocycles. The Morgan fingerprint density at radius 2 is 2.43 bits per heavy atom. The maximum absolute atomic E-state index is 10.7. The minimum absolute atomic E-state index is 0.158. The number of piperidine rings is 1. The first-order valence-electron chi connectivity index (χ1n) is 4.86. The molecule has 0 spiro atoms. The van der Waals surface area contributed by atoms with Crippen molar-refractivity contribution in [2.24, 2.45) is 5.92 Å². The van der Waals surface area contributed by atoms with Crippen molar-refractivity contribution in [1.82, 2.24) is 9.97 Å². The molecule has 0 N–H and O–H groups in total. The SMILES string of the molecule is O=CC1CCCN(c2cnccn2)C1. The molecular weight excluding hydrogens is 178 g/mol. The van der Waals surface area contributed by atoms with Crippen molar-refractivity contribution >= 4 is 12.1 Å². The summed E-state index contributed by atoms with van der Waals surface area (Å²) in [6.45, 7) is 1.76. The fourth-order valence-corrected chi connectivity index (χ4v) is 1.78. The van der Waals surface area contributed by atoms with Gasteiger partial charge in [0.2, 0.25) is 0 Å². The summed E-state index contributed by atoms with van der Waals surface area (Å²) in [4.78, 5) is 21.0. The van der Waals surface area contributed by atoms with Gasteiger partial charge in [-0.2, -0.15) is 0 Å². The molecule has 0 bridgehead atoms. The van der Waals surface area contributed by atoms with Gasteiger partial charge in [0.25, 0.3) is 0 Å². The highest BCUT2D eigenvalue weighted by Gasteiger charge is 2.19. The van der Waals surface area contributed by atoms with Gasteiger partial charge in [-0.3, -0.25) is 4.98 Å². The zero-order valence-electron chi connectivity index (χ0n) is 7.97. The Morgan fingerprint density at radius 3 is 3.14 bits per heavy atom.